The Bertz CT molecular complexity index is 993. The van der Waals surface area contributed by atoms with Crippen molar-refractivity contribution in [3.63, 3.8) is 0 Å². The molecular weight excluding hydrogens is 451 g/mol. The molecule has 0 aliphatic carbocycles. The summed E-state index contributed by atoms with van der Waals surface area (Å²) in [6.45, 7) is -0.0916. The lowest BCUT2D eigenvalue weighted by Gasteiger charge is -2.35. The van der Waals surface area contributed by atoms with Gasteiger partial charge in [-0.3, -0.25) is 9.69 Å². The van der Waals surface area contributed by atoms with Crippen LogP contribution in [0.1, 0.15) is 24.0 Å². The molecule has 2 saturated heterocycles. The molecule has 1 atom stereocenters. The highest BCUT2D eigenvalue weighted by Gasteiger charge is 2.54. The van der Waals surface area contributed by atoms with Gasteiger partial charge < -0.3 is 14.8 Å². The summed E-state index contributed by atoms with van der Waals surface area (Å²) >= 11 is 0. The van der Waals surface area contributed by atoms with Gasteiger partial charge in [0.25, 0.3) is 5.91 Å². The van der Waals surface area contributed by atoms with Gasteiger partial charge in [-0.2, -0.15) is 13.2 Å². The molecule has 0 radical (unpaired) electrons. The number of imide groups is 1. The number of rotatable bonds is 6. The molecule has 2 aromatic carbocycles. The third kappa shape index (κ3) is 4.29. The third-order valence-corrected chi connectivity index (χ3v) is 6.46. The van der Waals surface area contributed by atoms with Crippen LogP contribution in [-0.2, 0) is 10.3 Å². The average molecular weight is 477 g/mol. The summed E-state index contributed by atoms with van der Waals surface area (Å²) < 4.78 is 50.2. The average Bonchev–Trinajstić information content (AvgIpc) is 3.09. The second-order valence-electron chi connectivity index (χ2n) is 8.47. The minimum atomic E-state index is -4.31. The summed E-state index contributed by atoms with van der Waals surface area (Å²) in [5.41, 5.74) is -0.522. The van der Waals surface area contributed by atoms with Crippen molar-refractivity contribution in [3.8, 4) is 11.5 Å². The second kappa shape index (κ2) is 9.17. The van der Waals surface area contributed by atoms with Gasteiger partial charge in [0.2, 0.25) is 0 Å². The van der Waals surface area contributed by atoms with E-state index in [2.05, 4.69) is 5.32 Å². The first-order chi connectivity index (χ1) is 16.2. The fraction of sp³-hybridized carbons (Fsp3) is 0.417. The van der Waals surface area contributed by atoms with Crippen molar-refractivity contribution in [2.24, 2.45) is 5.92 Å². The molecule has 0 spiro atoms. The highest BCUT2D eigenvalue weighted by Crippen LogP contribution is 2.38. The van der Waals surface area contributed by atoms with E-state index in [4.69, 9.17) is 9.47 Å². The molecule has 34 heavy (non-hydrogen) atoms. The van der Waals surface area contributed by atoms with Gasteiger partial charge in [0, 0.05) is 6.54 Å². The summed E-state index contributed by atoms with van der Waals surface area (Å²) in [6, 6.07) is 12.8. The number of methoxy groups -OCH3 is 2. The fourth-order valence-corrected chi connectivity index (χ4v) is 4.60. The molecule has 1 N–H and O–H groups in total. The van der Waals surface area contributed by atoms with Crippen molar-refractivity contribution < 1.29 is 32.2 Å². The van der Waals surface area contributed by atoms with Gasteiger partial charge in [0.15, 0.2) is 5.54 Å². The van der Waals surface area contributed by atoms with E-state index in [-0.39, 0.29) is 19.6 Å². The van der Waals surface area contributed by atoms with Crippen LogP contribution in [0.4, 0.5) is 18.0 Å². The van der Waals surface area contributed by atoms with Gasteiger partial charge in [-0.1, -0.05) is 24.3 Å². The van der Waals surface area contributed by atoms with Gasteiger partial charge in [-0.15, -0.1) is 0 Å². The number of piperidine rings is 1. The number of urea groups is 1. The molecule has 2 fully saturated rings. The minimum Gasteiger partial charge on any atom is -0.497 e. The molecule has 182 valence electrons. The first kappa shape index (κ1) is 23.9. The normalized spacial score (nSPS) is 20.9. The Labute approximate surface area is 195 Å². The number of alkyl halides is 3. The SMILES string of the molecule is COc1ccc(C2(c3ccc(OC)cc3)NC(=O)N(CN3CCCC(C(F)(F)F)C3)C2=O)cc1. The molecule has 3 amide bonds. The molecule has 0 saturated carbocycles. The number of hydrogen-bond donors (Lipinski definition) is 1. The molecule has 0 bridgehead atoms. The van der Waals surface area contributed by atoms with E-state index < -0.39 is 29.6 Å². The van der Waals surface area contributed by atoms with Crippen LogP contribution in [0.25, 0.3) is 0 Å². The molecule has 0 aromatic heterocycles. The fourth-order valence-electron chi connectivity index (χ4n) is 4.60. The van der Waals surface area contributed by atoms with Crippen molar-refractivity contribution in [1.29, 1.82) is 0 Å². The van der Waals surface area contributed by atoms with E-state index in [1.54, 1.807) is 48.5 Å². The number of carbonyl (C=O) groups excluding carboxylic acids is 2. The summed E-state index contributed by atoms with van der Waals surface area (Å²) in [5, 5.41) is 2.81. The molecule has 2 aliphatic heterocycles. The Morgan fingerprint density at radius 1 is 0.971 bits per heavy atom. The number of ether oxygens (including phenoxy) is 2. The summed E-state index contributed by atoms with van der Waals surface area (Å²) in [5.74, 6) is -0.876. The van der Waals surface area contributed by atoms with E-state index in [0.29, 0.717) is 35.6 Å². The molecule has 4 rings (SSSR count). The minimum absolute atomic E-state index is 0.0434. The highest BCUT2D eigenvalue weighted by molar-refractivity contribution is 6.09. The van der Waals surface area contributed by atoms with Gasteiger partial charge >= 0.3 is 12.2 Å². The number of amides is 3. The molecule has 2 heterocycles. The number of nitrogens with zero attached hydrogens (tertiary/aromatic N) is 2. The van der Waals surface area contributed by atoms with Crippen molar-refractivity contribution >= 4 is 11.9 Å². The Morgan fingerprint density at radius 2 is 1.50 bits per heavy atom. The number of nitrogens with one attached hydrogen (secondary N) is 1. The van der Waals surface area contributed by atoms with Crippen LogP contribution in [0, 0.1) is 5.92 Å². The number of hydrogen-bond acceptors (Lipinski definition) is 5. The predicted octanol–water partition coefficient (Wildman–Crippen LogP) is 3.73. The van der Waals surface area contributed by atoms with Crippen LogP contribution in [0.15, 0.2) is 48.5 Å². The zero-order valence-electron chi connectivity index (χ0n) is 18.9. The van der Waals surface area contributed by atoms with Gasteiger partial charge in [0.05, 0.1) is 26.8 Å². The zero-order chi connectivity index (χ0) is 24.5. The van der Waals surface area contributed by atoms with Crippen LogP contribution in [0.2, 0.25) is 0 Å². The van der Waals surface area contributed by atoms with Gasteiger partial charge in [-0.05, 0) is 54.8 Å². The van der Waals surface area contributed by atoms with E-state index >= 15 is 0 Å². The van der Waals surface area contributed by atoms with Crippen molar-refractivity contribution in [2.45, 2.75) is 24.6 Å². The zero-order valence-corrected chi connectivity index (χ0v) is 18.9. The Hall–Kier alpha value is -3.27. The van der Waals surface area contributed by atoms with Crippen LogP contribution in [0.3, 0.4) is 0 Å². The van der Waals surface area contributed by atoms with Gasteiger partial charge in [-0.25, -0.2) is 9.69 Å². The van der Waals surface area contributed by atoms with Crippen LogP contribution >= 0.6 is 0 Å². The predicted molar refractivity (Wildman–Crippen MR) is 117 cm³/mol. The monoisotopic (exact) mass is 477 g/mol. The van der Waals surface area contributed by atoms with Crippen molar-refractivity contribution in [2.75, 3.05) is 34.0 Å². The molecule has 2 aliphatic rings. The van der Waals surface area contributed by atoms with E-state index in [1.807, 2.05) is 0 Å². The van der Waals surface area contributed by atoms with E-state index in [9.17, 15) is 22.8 Å². The second-order valence-corrected chi connectivity index (χ2v) is 8.47. The number of likely N-dealkylation sites (tertiary alicyclic amines) is 1. The molecule has 1 unspecified atom stereocenters. The van der Waals surface area contributed by atoms with Crippen molar-refractivity contribution in [1.82, 2.24) is 15.1 Å². The summed E-state index contributed by atoms with van der Waals surface area (Å²) in [6.07, 6.45) is -3.93. The van der Waals surface area contributed by atoms with Crippen LogP contribution in [0.5, 0.6) is 11.5 Å². The van der Waals surface area contributed by atoms with Crippen LogP contribution in [-0.4, -0.2) is 61.9 Å². The first-order valence-electron chi connectivity index (χ1n) is 10.9. The number of carbonyl (C=O) groups is 2. The molecule has 7 nitrogen and oxygen atoms in total. The molecular formula is C24H26F3N3O4. The van der Waals surface area contributed by atoms with Gasteiger partial charge in [0.1, 0.15) is 11.5 Å². The Balaban J connectivity index is 1.68. The largest absolute Gasteiger partial charge is 0.497 e. The number of benzene rings is 2. The lowest BCUT2D eigenvalue weighted by molar-refractivity contribution is -0.187. The first-order valence-corrected chi connectivity index (χ1v) is 10.9. The maximum absolute atomic E-state index is 13.8. The Kier molecular flexibility index (Phi) is 6.44. The summed E-state index contributed by atoms with van der Waals surface area (Å²) in [4.78, 5) is 29.4. The lowest BCUT2D eigenvalue weighted by atomic mass is 9.82. The quantitative estimate of drug-likeness (QED) is 0.642. The Morgan fingerprint density at radius 3 is 1.97 bits per heavy atom. The maximum Gasteiger partial charge on any atom is 0.393 e. The van der Waals surface area contributed by atoms with E-state index in [0.717, 1.165) is 4.90 Å². The van der Waals surface area contributed by atoms with Crippen molar-refractivity contribution in [3.05, 3.63) is 59.7 Å². The summed E-state index contributed by atoms with van der Waals surface area (Å²) in [7, 11) is 3.04. The topological polar surface area (TPSA) is 71.1 Å². The standard InChI is InChI=1S/C24H26F3N3O4/c1-33-19-9-5-16(6-10-19)23(17-7-11-20(34-2)12-8-17)21(31)30(22(32)28-23)15-29-13-3-4-18(14-29)24(25,26)27/h5-12,18H,3-4,13-15H2,1-2H3,(H,28,32). The lowest BCUT2D eigenvalue weighted by Crippen LogP contribution is -2.49. The molecule has 10 heteroatoms. The molecule has 2 aromatic rings. The maximum atomic E-state index is 13.8. The smallest absolute Gasteiger partial charge is 0.393 e. The highest BCUT2D eigenvalue weighted by atomic mass is 19.4. The number of halogens is 3. The third-order valence-electron chi connectivity index (χ3n) is 6.46. The van der Waals surface area contributed by atoms with Crippen LogP contribution < -0.4 is 14.8 Å². The van der Waals surface area contributed by atoms with E-state index in [1.165, 1.54) is 19.1 Å².